The lowest BCUT2D eigenvalue weighted by molar-refractivity contribution is 0.0685. The standard InChI is InChI=1S/C19H13F2N3O4/c1-28-12-4-2-3-10(7-12)11-8-13(20)15(14(21)9-11)24-18(25)16-17(19(26)27)23-6-5-22-16/h2-9H,1H3,(H,24,25)(H,26,27). The lowest BCUT2D eigenvalue weighted by Crippen LogP contribution is -2.20. The van der Waals surface area contributed by atoms with E-state index in [0.29, 0.717) is 11.3 Å². The SMILES string of the molecule is COc1cccc(-c2cc(F)c(NC(=O)c3nccnc3C(=O)O)c(F)c2)c1. The van der Waals surface area contributed by atoms with Gasteiger partial charge in [-0.3, -0.25) is 4.79 Å². The Morgan fingerprint density at radius 3 is 2.25 bits per heavy atom. The predicted molar refractivity (Wildman–Crippen MR) is 95.3 cm³/mol. The quantitative estimate of drug-likeness (QED) is 0.698. The van der Waals surface area contributed by atoms with Crippen LogP contribution in [0, 0.1) is 11.6 Å². The van der Waals surface area contributed by atoms with Crippen molar-refractivity contribution in [2.45, 2.75) is 0 Å². The van der Waals surface area contributed by atoms with Crippen LogP contribution in [0.3, 0.4) is 0 Å². The highest BCUT2D eigenvalue weighted by atomic mass is 19.1. The number of aromatic nitrogens is 2. The molecule has 9 heteroatoms. The molecular weight excluding hydrogens is 372 g/mol. The van der Waals surface area contributed by atoms with Gasteiger partial charge >= 0.3 is 5.97 Å². The third kappa shape index (κ3) is 3.78. The first kappa shape index (κ1) is 18.9. The van der Waals surface area contributed by atoms with E-state index in [9.17, 15) is 18.4 Å². The van der Waals surface area contributed by atoms with E-state index in [1.54, 1.807) is 24.3 Å². The van der Waals surface area contributed by atoms with Crippen LogP contribution in [-0.2, 0) is 0 Å². The van der Waals surface area contributed by atoms with E-state index in [-0.39, 0.29) is 5.56 Å². The van der Waals surface area contributed by atoms with Crippen molar-refractivity contribution in [3.63, 3.8) is 0 Å². The summed E-state index contributed by atoms with van der Waals surface area (Å²) >= 11 is 0. The molecule has 3 rings (SSSR count). The largest absolute Gasteiger partial charge is 0.497 e. The number of carbonyl (C=O) groups excluding carboxylic acids is 1. The van der Waals surface area contributed by atoms with Gasteiger partial charge in [0, 0.05) is 12.4 Å². The fraction of sp³-hybridized carbons (Fsp3) is 0.0526. The van der Waals surface area contributed by atoms with Gasteiger partial charge in [0.25, 0.3) is 5.91 Å². The molecule has 0 atom stereocenters. The minimum absolute atomic E-state index is 0.234. The molecule has 0 aliphatic carbocycles. The highest BCUT2D eigenvalue weighted by molar-refractivity contribution is 6.08. The summed E-state index contributed by atoms with van der Waals surface area (Å²) in [6, 6.07) is 8.69. The normalized spacial score (nSPS) is 10.4. The van der Waals surface area contributed by atoms with Crippen LogP contribution in [-0.4, -0.2) is 34.1 Å². The second kappa shape index (κ2) is 7.78. The summed E-state index contributed by atoms with van der Waals surface area (Å²) in [5, 5.41) is 11.1. The summed E-state index contributed by atoms with van der Waals surface area (Å²) in [6.07, 6.45) is 2.18. The van der Waals surface area contributed by atoms with E-state index in [0.717, 1.165) is 24.5 Å². The molecule has 142 valence electrons. The van der Waals surface area contributed by atoms with Crippen molar-refractivity contribution in [1.29, 1.82) is 0 Å². The van der Waals surface area contributed by atoms with Gasteiger partial charge in [0.1, 0.15) is 23.1 Å². The number of nitrogens with one attached hydrogen (secondary N) is 1. The van der Waals surface area contributed by atoms with Crippen molar-refractivity contribution in [1.82, 2.24) is 9.97 Å². The molecule has 1 heterocycles. The fourth-order valence-electron chi connectivity index (χ4n) is 2.50. The molecule has 2 N–H and O–H groups in total. The number of hydrogen-bond donors (Lipinski definition) is 2. The number of benzene rings is 2. The van der Waals surface area contributed by atoms with Crippen LogP contribution in [0.1, 0.15) is 21.0 Å². The molecular formula is C19H13F2N3O4. The lowest BCUT2D eigenvalue weighted by atomic mass is 10.0. The maximum atomic E-state index is 14.5. The molecule has 0 aliphatic heterocycles. The molecule has 0 radical (unpaired) electrons. The van der Waals surface area contributed by atoms with Gasteiger partial charge < -0.3 is 15.2 Å². The average Bonchev–Trinajstić information content (AvgIpc) is 2.70. The van der Waals surface area contributed by atoms with E-state index in [1.807, 2.05) is 5.32 Å². The molecule has 28 heavy (non-hydrogen) atoms. The summed E-state index contributed by atoms with van der Waals surface area (Å²) in [5.74, 6) is -4.15. The minimum Gasteiger partial charge on any atom is -0.497 e. The molecule has 0 unspecified atom stereocenters. The number of carboxylic acids is 1. The van der Waals surface area contributed by atoms with Crippen LogP contribution in [0.25, 0.3) is 11.1 Å². The van der Waals surface area contributed by atoms with Gasteiger partial charge in [0.2, 0.25) is 0 Å². The number of anilines is 1. The number of carbonyl (C=O) groups is 2. The Kier molecular flexibility index (Phi) is 5.25. The molecule has 1 aromatic heterocycles. The monoisotopic (exact) mass is 385 g/mol. The first-order valence-electron chi connectivity index (χ1n) is 7.90. The zero-order chi connectivity index (χ0) is 20.3. The Bertz CT molecular complexity index is 1050. The predicted octanol–water partition coefficient (Wildman–Crippen LogP) is 3.38. The topological polar surface area (TPSA) is 101 Å². The molecule has 0 bridgehead atoms. The van der Waals surface area contributed by atoms with E-state index >= 15 is 0 Å². The van der Waals surface area contributed by atoms with Crippen LogP contribution >= 0.6 is 0 Å². The van der Waals surface area contributed by atoms with E-state index in [1.165, 1.54) is 7.11 Å². The number of hydrogen-bond acceptors (Lipinski definition) is 5. The van der Waals surface area contributed by atoms with Crippen molar-refractivity contribution in [3.8, 4) is 16.9 Å². The molecule has 2 aromatic carbocycles. The van der Waals surface area contributed by atoms with Crippen LogP contribution in [0.5, 0.6) is 5.75 Å². The average molecular weight is 385 g/mol. The van der Waals surface area contributed by atoms with Crippen LogP contribution in [0.15, 0.2) is 48.8 Å². The number of nitrogens with zero attached hydrogens (tertiary/aromatic N) is 2. The molecule has 0 aliphatic rings. The summed E-state index contributed by atoms with van der Waals surface area (Å²) in [5.41, 5.74) is -1.17. The van der Waals surface area contributed by atoms with E-state index in [4.69, 9.17) is 9.84 Å². The molecule has 7 nitrogen and oxygen atoms in total. The Morgan fingerprint density at radius 2 is 1.64 bits per heavy atom. The van der Waals surface area contributed by atoms with E-state index < -0.39 is 40.6 Å². The highest BCUT2D eigenvalue weighted by Crippen LogP contribution is 2.29. The second-order valence-corrected chi connectivity index (χ2v) is 5.56. The maximum absolute atomic E-state index is 14.5. The zero-order valence-electron chi connectivity index (χ0n) is 14.4. The Morgan fingerprint density at radius 1 is 1.00 bits per heavy atom. The highest BCUT2D eigenvalue weighted by Gasteiger charge is 2.22. The van der Waals surface area contributed by atoms with Gasteiger partial charge in [-0.1, -0.05) is 12.1 Å². The first-order valence-corrected chi connectivity index (χ1v) is 7.90. The molecule has 1 amide bonds. The molecule has 0 saturated heterocycles. The van der Waals surface area contributed by atoms with Gasteiger partial charge in [-0.25, -0.2) is 23.5 Å². The summed E-state index contributed by atoms with van der Waals surface area (Å²) in [4.78, 5) is 30.5. The van der Waals surface area contributed by atoms with Gasteiger partial charge in [0.05, 0.1) is 7.11 Å². The molecule has 3 aromatic rings. The minimum atomic E-state index is -1.49. The Labute approximate surface area is 157 Å². The Balaban J connectivity index is 1.94. The smallest absolute Gasteiger partial charge is 0.356 e. The molecule has 0 fully saturated rings. The van der Waals surface area contributed by atoms with Crippen molar-refractivity contribution < 1.29 is 28.2 Å². The van der Waals surface area contributed by atoms with Crippen molar-refractivity contribution in [2.75, 3.05) is 12.4 Å². The van der Waals surface area contributed by atoms with Crippen molar-refractivity contribution in [2.24, 2.45) is 0 Å². The third-order valence-corrected chi connectivity index (χ3v) is 3.80. The van der Waals surface area contributed by atoms with Crippen molar-refractivity contribution in [3.05, 3.63) is 71.8 Å². The Hall–Kier alpha value is -3.88. The van der Waals surface area contributed by atoms with Gasteiger partial charge in [-0.05, 0) is 35.4 Å². The number of carboxylic acid groups (broad SMARTS) is 1. The van der Waals surface area contributed by atoms with Crippen LogP contribution < -0.4 is 10.1 Å². The van der Waals surface area contributed by atoms with E-state index in [2.05, 4.69) is 9.97 Å². The fourth-order valence-corrected chi connectivity index (χ4v) is 2.50. The lowest BCUT2D eigenvalue weighted by Gasteiger charge is -2.11. The number of ether oxygens (including phenoxy) is 1. The van der Waals surface area contributed by atoms with Gasteiger partial charge in [0.15, 0.2) is 11.4 Å². The summed E-state index contributed by atoms with van der Waals surface area (Å²) in [6.45, 7) is 0. The van der Waals surface area contributed by atoms with Crippen molar-refractivity contribution >= 4 is 17.6 Å². The number of amides is 1. The van der Waals surface area contributed by atoms with Gasteiger partial charge in [-0.2, -0.15) is 0 Å². The summed E-state index contributed by atoms with van der Waals surface area (Å²) < 4.78 is 34.0. The van der Waals surface area contributed by atoms with Crippen LogP contribution in [0.4, 0.5) is 14.5 Å². The zero-order valence-corrected chi connectivity index (χ0v) is 14.4. The maximum Gasteiger partial charge on any atom is 0.356 e. The molecule has 0 saturated carbocycles. The number of halogens is 2. The number of rotatable bonds is 5. The second-order valence-electron chi connectivity index (χ2n) is 5.56. The third-order valence-electron chi connectivity index (χ3n) is 3.80. The summed E-state index contributed by atoms with van der Waals surface area (Å²) in [7, 11) is 1.47. The number of methoxy groups -OCH3 is 1. The van der Waals surface area contributed by atoms with Crippen LogP contribution in [0.2, 0.25) is 0 Å². The number of aromatic carboxylic acids is 1. The van der Waals surface area contributed by atoms with Gasteiger partial charge in [-0.15, -0.1) is 0 Å². The first-order chi connectivity index (χ1) is 13.4. The molecule has 0 spiro atoms.